The topological polar surface area (TPSA) is 76.1 Å². The van der Waals surface area contributed by atoms with E-state index in [0.717, 1.165) is 18.4 Å². The first-order chi connectivity index (χ1) is 13.3. The number of carbonyl (C=O) groups is 2. The molecule has 0 heterocycles. The van der Waals surface area contributed by atoms with Crippen molar-refractivity contribution >= 4 is 12.1 Å². The van der Waals surface area contributed by atoms with Crippen molar-refractivity contribution in [3.05, 3.63) is 35.4 Å². The lowest BCUT2D eigenvalue weighted by atomic mass is 9.92. The van der Waals surface area contributed by atoms with Crippen molar-refractivity contribution in [3.63, 3.8) is 0 Å². The standard InChI is InChI=1S/C23H35NO5/c1-22(2,3)28-20(26)17-9-7-16(8-10-17)15-24(21(27)29-23(4,5)6)18-11-13-19(25)14-12-18/h7-10,18-19,25H,11-15H2,1-6H3. The van der Waals surface area contributed by atoms with Crippen LogP contribution in [0.4, 0.5) is 4.79 Å². The number of carbonyl (C=O) groups excluding carboxylic acids is 2. The molecule has 162 valence electrons. The molecule has 1 amide bonds. The van der Waals surface area contributed by atoms with Crippen molar-refractivity contribution in [2.45, 2.75) is 97.1 Å². The summed E-state index contributed by atoms with van der Waals surface area (Å²) in [7, 11) is 0. The Hall–Kier alpha value is -2.08. The molecule has 1 aliphatic carbocycles. The predicted molar refractivity (Wildman–Crippen MR) is 112 cm³/mol. The van der Waals surface area contributed by atoms with E-state index in [-0.39, 0.29) is 24.2 Å². The largest absolute Gasteiger partial charge is 0.456 e. The fourth-order valence-electron chi connectivity index (χ4n) is 3.31. The molecule has 0 aliphatic heterocycles. The van der Waals surface area contributed by atoms with Crippen LogP contribution in [-0.2, 0) is 16.0 Å². The zero-order valence-corrected chi connectivity index (χ0v) is 18.5. The monoisotopic (exact) mass is 405 g/mol. The second-order valence-corrected chi connectivity index (χ2v) is 9.77. The predicted octanol–water partition coefficient (Wildman–Crippen LogP) is 4.68. The highest BCUT2D eigenvalue weighted by Crippen LogP contribution is 2.26. The van der Waals surface area contributed by atoms with Gasteiger partial charge < -0.3 is 19.5 Å². The number of aliphatic hydroxyl groups is 1. The third-order valence-corrected chi connectivity index (χ3v) is 4.68. The molecule has 1 saturated carbocycles. The fraction of sp³-hybridized carbons (Fsp3) is 0.652. The Labute approximate surface area is 174 Å². The van der Waals surface area contributed by atoms with Gasteiger partial charge >= 0.3 is 12.1 Å². The minimum atomic E-state index is -0.579. The Morgan fingerprint density at radius 3 is 1.93 bits per heavy atom. The van der Waals surface area contributed by atoms with Crippen molar-refractivity contribution in [3.8, 4) is 0 Å². The first kappa shape index (κ1) is 23.2. The van der Waals surface area contributed by atoms with Gasteiger partial charge in [0.05, 0.1) is 11.7 Å². The van der Waals surface area contributed by atoms with E-state index in [1.807, 2.05) is 53.7 Å². The molecule has 0 radical (unpaired) electrons. The fourth-order valence-corrected chi connectivity index (χ4v) is 3.31. The summed E-state index contributed by atoms with van der Waals surface area (Å²) in [5.74, 6) is -0.366. The Bertz CT molecular complexity index is 691. The zero-order valence-electron chi connectivity index (χ0n) is 18.5. The molecule has 6 heteroatoms. The van der Waals surface area contributed by atoms with Crippen molar-refractivity contribution in [2.24, 2.45) is 0 Å². The molecule has 0 spiro atoms. The molecule has 1 aromatic rings. The number of aliphatic hydroxyl groups excluding tert-OH is 1. The molecule has 29 heavy (non-hydrogen) atoms. The summed E-state index contributed by atoms with van der Waals surface area (Å²) in [6.45, 7) is 11.4. The summed E-state index contributed by atoms with van der Waals surface area (Å²) < 4.78 is 11.0. The van der Waals surface area contributed by atoms with Gasteiger partial charge in [-0.15, -0.1) is 0 Å². The highest BCUT2D eigenvalue weighted by Gasteiger charge is 2.31. The molecule has 0 saturated heterocycles. The van der Waals surface area contributed by atoms with Crippen LogP contribution in [0.3, 0.4) is 0 Å². The quantitative estimate of drug-likeness (QED) is 0.736. The van der Waals surface area contributed by atoms with Gasteiger partial charge in [-0.25, -0.2) is 9.59 Å². The summed E-state index contributed by atoms with van der Waals surface area (Å²) in [5, 5.41) is 9.81. The van der Waals surface area contributed by atoms with Crippen LogP contribution in [0.1, 0.15) is 83.1 Å². The van der Waals surface area contributed by atoms with Gasteiger partial charge in [0.2, 0.25) is 0 Å². The van der Waals surface area contributed by atoms with E-state index in [0.29, 0.717) is 24.9 Å². The Morgan fingerprint density at radius 2 is 1.45 bits per heavy atom. The maximum absolute atomic E-state index is 12.8. The van der Waals surface area contributed by atoms with Crippen LogP contribution < -0.4 is 0 Å². The van der Waals surface area contributed by atoms with Crippen molar-refractivity contribution in [2.75, 3.05) is 0 Å². The van der Waals surface area contributed by atoms with E-state index in [1.54, 1.807) is 17.0 Å². The molecule has 0 aromatic heterocycles. The van der Waals surface area contributed by atoms with Gasteiger partial charge in [0.1, 0.15) is 11.2 Å². The van der Waals surface area contributed by atoms with Gasteiger partial charge in [0.25, 0.3) is 0 Å². The number of ether oxygens (including phenoxy) is 2. The number of rotatable bonds is 4. The van der Waals surface area contributed by atoms with Crippen LogP contribution in [0.5, 0.6) is 0 Å². The van der Waals surface area contributed by atoms with Crippen molar-refractivity contribution < 1.29 is 24.2 Å². The molecule has 1 N–H and O–H groups in total. The minimum absolute atomic E-state index is 0.0267. The number of hydrogen-bond donors (Lipinski definition) is 1. The highest BCUT2D eigenvalue weighted by atomic mass is 16.6. The Balaban J connectivity index is 2.13. The van der Waals surface area contributed by atoms with E-state index in [1.165, 1.54) is 0 Å². The molecule has 0 unspecified atom stereocenters. The molecule has 6 nitrogen and oxygen atoms in total. The minimum Gasteiger partial charge on any atom is -0.456 e. The van der Waals surface area contributed by atoms with Gasteiger partial charge in [-0.05, 0) is 84.9 Å². The lowest BCUT2D eigenvalue weighted by Crippen LogP contribution is -2.45. The molecule has 0 bridgehead atoms. The first-order valence-electron chi connectivity index (χ1n) is 10.3. The van der Waals surface area contributed by atoms with Crippen LogP contribution >= 0.6 is 0 Å². The number of nitrogens with zero attached hydrogens (tertiary/aromatic N) is 1. The number of hydrogen-bond acceptors (Lipinski definition) is 5. The van der Waals surface area contributed by atoms with Crippen LogP contribution in [0, 0.1) is 0 Å². The number of esters is 1. The zero-order chi connectivity index (χ0) is 21.8. The average Bonchev–Trinajstić information content (AvgIpc) is 2.58. The maximum atomic E-state index is 12.8. The van der Waals surface area contributed by atoms with E-state index in [4.69, 9.17) is 9.47 Å². The van der Waals surface area contributed by atoms with Crippen LogP contribution in [0.2, 0.25) is 0 Å². The molecule has 1 aliphatic rings. The van der Waals surface area contributed by atoms with Crippen LogP contribution in [0.25, 0.3) is 0 Å². The van der Waals surface area contributed by atoms with Gasteiger partial charge in [0.15, 0.2) is 0 Å². The lowest BCUT2D eigenvalue weighted by Gasteiger charge is -2.36. The molecule has 2 rings (SSSR count). The molecule has 1 aromatic carbocycles. The van der Waals surface area contributed by atoms with E-state index < -0.39 is 11.2 Å². The van der Waals surface area contributed by atoms with Crippen molar-refractivity contribution in [1.82, 2.24) is 4.90 Å². The second-order valence-electron chi connectivity index (χ2n) is 9.77. The lowest BCUT2D eigenvalue weighted by molar-refractivity contribution is 0.00236. The molecule has 1 fully saturated rings. The number of benzene rings is 1. The van der Waals surface area contributed by atoms with E-state index in [9.17, 15) is 14.7 Å². The van der Waals surface area contributed by atoms with Crippen LogP contribution in [-0.4, -0.2) is 45.4 Å². The first-order valence-corrected chi connectivity index (χ1v) is 10.3. The summed E-state index contributed by atoms with van der Waals surface area (Å²) in [6, 6.07) is 7.16. The maximum Gasteiger partial charge on any atom is 0.410 e. The van der Waals surface area contributed by atoms with Gasteiger partial charge in [-0.3, -0.25) is 0 Å². The van der Waals surface area contributed by atoms with Gasteiger partial charge in [0, 0.05) is 12.6 Å². The third-order valence-electron chi connectivity index (χ3n) is 4.68. The molecule has 0 atom stereocenters. The van der Waals surface area contributed by atoms with Crippen molar-refractivity contribution in [1.29, 1.82) is 0 Å². The second kappa shape index (κ2) is 9.16. The third kappa shape index (κ3) is 7.69. The Kier molecular flexibility index (Phi) is 7.33. The van der Waals surface area contributed by atoms with E-state index >= 15 is 0 Å². The van der Waals surface area contributed by atoms with E-state index in [2.05, 4.69) is 0 Å². The summed E-state index contributed by atoms with van der Waals surface area (Å²) in [4.78, 5) is 26.8. The SMILES string of the molecule is CC(C)(C)OC(=O)c1ccc(CN(C(=O)OC(C)(C)C)C2CCC(O)CC2)cc1. The van der Waals surface area contributed by atoms with Gasteiger partial charge in [-0.2, -0.15) is 0 Å². The normalized spacial score (nSPS) is 20.1. The summed E-state index contributed by atoms with van der Waals surface area (Å²) in [6.07, 6.45) is 2.21. The molecular weight excluding hydrogens is 370 g/mol. The van der Waals surface area contributed by atoms with Crippen LogP contribution in [0.15, 0.2) is 24.3 Å². The molecular formula is C23H35NO5. The highest BCUT2D eigenvalue weighted by molar-refractivity contribution is 5.89. The average molecular weight is 406 g/mol. The van der Waals surface area contributed by atoms with Gasteiger partial charge in [-0.1, -0.05) is 12.1 Å². The Morgan fingerprint density at radius 1 is 0.931 bits per heavy atom. The summed E-state index contributed by atoms with van der Waals surface area (Å²) >= 11 is 0. The number of amides is 1. The summed E-state index contributed by atoms with van der Waals surface area (Å²) in [5.41, 5.74) is 0.265. The smallest absolute Gasteiger partial charge is 0.410 e.